The molecule has 0 aromatic carbocycles. The van der Waals surface area contributed by atoms with Gasteiger partial charge in [0.05, 0.1) is 24.8 Å². The molecule has 0 aromatic heterocycles. The zero-order valence-corrected chi connectivity index (χ0v) is 17.7. The minimum Gasteiger partial charge on any atom is -0.497 e. The Morgan fingerprint density at radius 2 is 2.03 bits per heavy atom. The van der Waals surface area contributed by atoms with Crippen molar-refractivity contribution < 1.29 is 26.7 Å². The normalized spacial score (nSPS) is 31.7. The lowest BCUT2D eigenvalue weighted by molar-refractivity contribution is 0.0446. The van der Waals surface area contributed by atoms with Gasteiger partial charge >= 0.3 is 0 Å². The molecule has 1 aliphatic heterocycles. The van der Waals surface area contributed by atoms with Crippen molar-refractivity contribution >= 4 is 22.4 Å². The summed E-state index contributed by atoms with van der Waals surface area (Å²) < 4.78 is 64.6. The average Bonchev–Trinajstić information content (AvgIpc) is 3.04. The highest BCUT2D eigenvalue weighted by Crippen LogP contribution is 2.48. The van der Waals surface area contributed by atoms with Gasteiger partial charge in [-0.1, -0.05) is 6.08 Å². The van der Waals surface area contributed by atoms with Crippen molar-refractivity contribution in [2.24, 2.45) is 21.6 Å². The maximum Gasteiger partial charge on any atom is 0.227 e. The molecule has 0 fully saturated rings. The number of aliphatic imine (C=N–C) groups is 2. The van der Waals surface area contributed by atoms with Crippen LogP contribution in [0.5, 0.6) is 0 Å². The van der Waals surface area contributed by atoms with Crippen LogP contribution in [-0.2, 0) is 19.3 Å². The molecule has 29 heavy (non-hydrogen) atoms. The minimum atomic E-state index is -4.36. The highest BCUT2D eigenvalue weighted by atomic mass is 32.2. The second-order valence-corrected chi connectivity index (χ2v) is 10.1. The molecule has 7 nitrogen and oxygen atoms in total. The van der Waals surface area contributed by atoms with E-state index >= 15 is 4.39 Å². The van der Waals surface area contributed by atoms with E-state index in [4.69, 9.17) is 15.2 Å². The maximum atomic E-state index is 15.3. The summed E-state index contributed by atoms with van der Waals surface area (Å²) in [5.74, 6) is -2.19. The Labute approximate surface area is 170 Å². The molecular weight excluding hydrogens is 404 g/mol. The van der Waals surface area contributed by atoms with Crippen LogP contribution < -0.4 is 5.73 Å². The van der Waals surface area contributed by atoms with Crippen LogP contribution in [0.1, 0.15) is 27.7 Å². The van der Waals surface area contributed by atoms with Crippen LogP contribution >= 0.6 is 0 Å². The van der Waals surface area contributed by atoms with Gasteiger partial charge in [0.15, 0.2) is 9.84 Å². The predicted octanol–water partition coefficient (Wildman–Crippen LogP) is 2.61. The third-order valence-corrected chi connectivity index (χ3v) is 8.00. The van der Waals surface area contributed by atoms with Crippen LogP contribution in [0.15, 0.2) is 46.0 Å². The first-order valence-electron chi connectivity index (χ1n) is 9.05. The average molecular weight is 432 g/mol. The van der Waals surface area contributed by atoms with Gasteiger partial charge in [-0.05, 0) is 46.1 Å². The van der Waals surface area contributed by atoms with Gasteiger partial charge in [-0.2, -0.15) is 0 Å². The Kier molecular flexibility index (Phi) is 6.68. The van der Waals surface area contributed by atoms with Gasteiger partial charge < -0.3 is 15.2 Å². The monoisotopic (exact) mass is 431 g/mol. The number of nitrogens with zero attached hydrogens (tertiary/aromatic N) is 2. The summed E-state index contributed by atoms with van der Waals surface area (Å²) in [6, 6.07) is 0. The van der Waals surface area contributed by atoms with Crippen LogP contribution in [0.3, 0.4) is 0 Å². The van der Waals surface area contributed by atoms with Crippen molar-refractivity contribution in [1.29, 1.82) is 0 Å². The summed E-state index contributed by atoms with van der Waals surface area (Å²) in [4.78, 5) is 7.63. The molecule has 0 saturated carbocycles. The van der Waals surface area contributed by atoms with Gasteiger partial charge in [0.1, 0.15) is 34.8 Å². The zero-order chi connectivity index (χ0) is 22.0. The van der Waals surface area contributed by atoms with Crippen LogP contribution in [-0.4, -0.2) is 56.1 Å². The van der Waals surface area contributed by atoms with Crippen molar-refractivity contribution in [3.63, 3.8) is 0 Å². The lowest BCUT2D eigenvalue weighted by Gasteiger charge is -2.44. The zero-order valence-electron chi connectivity index (χ0n) is 16.9. The standard InChI is InChI=1S/C19H27F2N3O4S/c1-12(28-11-10-27-9-8-23-5)13-6-7-14(20)15(13)19(4)16(21)29(25,26)18(2,3)17(22)24-19/h6-9,12,15-16H,5,10-11H2,1-4H3,(H2,22,24)/b9-8+/t12-,15?,16?,19+/m0/s1. The van der Waals surface area contributed by atoms with E-state index in [0.29, 0.717) is 5.57 Å². The number of hydrogen-bond acceptors (Lipinski definition) is 7. The van der Waals surface area contributed by atoms with E-state index in [1.807, 2.05) is 0 Å². The summed E-state index contributed by atoms with van der Waals surface area (Å²) in [7, 11) is -4.36. The highest BCUT2D eigenvalue weighted by molar-refractivity contribution is 7.94. The van der Waals surface area contributed by atoms with Gasteiger partial charge in [0.2, 0.25) is 5.50 Å². The number of hydrogen-bond donors (Lipinski definition) is 1. The van der Waals surface area contributed by atoms with Gasteiger partial charge in [-0.3, -0.25) is 9.98 Å². The molecule has 2 unspecified atom stereocenters. The number of ether oxygens (including phenoxy) is 2. The molecule has 2 rings (SSSR count). The Morgan fingerprint density at radius 3 is 2.66 bits per heavy atom. The van der Waals surface area contributed by atoms with E-state index in [2.05, 4.69) is 16.7 Å². The lowest BCUT2D eigenvalue weighted by Crippen LogP contribution is -2.62. The Morgan fingerprint density at radius 1 is 1.38 bits per heavy atom. The van der Waals surface area contributed by atoms with Crippen LogP contribution in [0.25, 0.3) is 0 Å². The second kappa shape index (κ2) is 8.35. The quantitative estimate of drug-likeness (QED) is 0.361. The SMILES string of the molecule is C=N/C=C/OCCO[C@@H](C)C1=CC=C(F)C1[C@@]1(C)N=C(N)C(C)(C)S(=O)(=O)C1F. The minimum absolute atomic E-state index is 0.167. The number of halogens is 2. The third kappa shape index (κ3) is 4.00. The number of amidine groups is 1. The summed E-state index contributed by atoms with van der Waals surface area (Å²) in [5, 5.41) is 0. The summed E-state index contributed by atoms with van der Waals surface area (Å²) in [6.07, 6.45) is 4.72. The fourth-order valence-corrected chi connectivity index (χ4v) is 5.07. The van der Waals surface area contributed by atoms with Crippen molar-refractivity contribution in [1.82, 2.24) is 0 Å². The van der Waals surface area contributed by atoms with Crippen molar-refractivity contribution in [2.75, 3.05) is 13.2 Å². The molecule has 0 bridgehead atoms. The van der Waals surface area contributed by atoms with E-state index in [1.54, 1.807) is 6.92 Å². The Bertz CT molecular complexity index is 880. The van der Waals surface area contributed by atoms with Crippen molar-refractivity contribution in [3.8, 4) is 0 Å². The van der Waals surface area contributed by atoms with Crippen LogP contribution in [0, 0.1) is 5.92 Å². The molecule has 0 aromatic rings. The molecule has 0 amide bonds. The first-order valence-corrected chi connectivity index (χ1v) is 10.6. The molecule has 2 N–H and O–H groups in total. The van der Waals surface area contributed by atoms with Gasteiger partial charge in [-0.15, -0.1) is 0 Å². The first-order chi connectivity index (χ1) is 13.4. The Balaban J connectivity index is 2.26. The van der Waals surface area contributed by atoms with Gasteiger partial charge in [0, 0.05) is 0 Å². The fourth-order valence-electron chi connectivity index (χ4n) is 3.40. The van der Waals surface area contributed by atoms with Crippen molar-refractivity contribution in [3.05, 3.63) is 36.0 Å². The lowest BCUT2D eigenvalue weighted by atomic mass is 9.80. The van der Waals surface area contributed by atoms with Crippen LogP contribution in [0.2, 0.25) is 0 Å². The molecule has 0 saturated heterocycles. The summed E-state index contributed by atoms with van der Waals surface area (Å²) >= 11 is 0. The topological polar surface area (TPSA) is 103 Å². The molecule has 10 heteroatoms. The molecule has 0 radical (unpaired) electrons. The summed E-state index contributed by atoms with van der Waals surface area (Å²) in [5.41, 5.74) is 1.87. The third-order valence-electron chi connectivity index (χ3n) is 5.35. The first kappa shape index (κ1) is 23.2. The maximum absolute atomic E-state index is 15.3. The number of rotatable bonds is 8. The van der Waals surface area contributed by atoms with E-state index in [1.165, 1.54) is 45.4 Å². The molecule has 4 atom stereocenters. The molecular formula is C19H27F2N3O4S. The van der Waals surface area contributed by atoms with E-state index in [-0.39, 0.29) is 19.0 Å². The molecule has 162 valence electrons. The second-order valence-electron chi connectivity index (χ2n) is 7.60. The highest BCUT2D eigenvalue weighted by Gasteiger charge is 2.61. The smallest absolute Gasteiger partial charge is 0.227 e. The predicted molar refractivity (Wildman–Crippen MR) is 109 cm³/mol. The van der Waals surface area contributed by atoms with Gasteiger partial charge in [-0.25, -0.2) is 17.2 Å². The van der Waals surface area contributed by atoms with E-state index in [9.17, 15) is 12.8 Å². The number of allylic oxidation sites excluding steroid dienone is 2. The van der Waals surface area contributed by atoms with Crippen LogP contribution in [0.4, 0.5) is 8.78 Å². The van der Waals surface area contributed by atoms with Gasteiger partial charge in [0.25, 0.3) is 0 Å². The van der Waals surface area contributed by atoms with Crippen molar-refractivity contribution in [2.45, 2.75) is 49.6 Å². The number of sulfone groups is 1. The molecule has 2 aliphatic rings. The van der Waals surface area contributed by atoms with E-state index in [0.717, 1.165) is 0 Å². The molecule has 0 spiro atoms. The van der Waals surface area contributed by atoms with E-state index < -0.39 is 43.5 Å². The largest absolute Gasteiger partial charge is 0.497 e. The molecule has 1 heterocycles. The molecule has 1 aliphatic carbocycles. The fraction of sp³-hybridized carbons (Fsp3) is 0.579. The Hall–Kier alpha value is -2.07. The summed E-state index contributed by atoms with van der Waals surface area (Å²) in [6.45, 7) is 9.14. The number of alkyl halides is 1. The number of nitrogens with two attached hydrogens (primary N) is 1.